The van der Waals surface area contributed by atoms with E-state index in [1.165, 1.54) is 43.0 Å². The van der Waals surface area contributed by atoms with Crippen LogP contribution in [0.2, 0.25) is 0 Å². The number of halogens is 4. The largest absolute Gasteiger partial charge is 0.496 e. The van der Waals surface area contributed by atoms with Gasteiger partial charge in [-0.05, 0) is 72.8 Å². The number of nitrogens with two attached hydrogens (primary N) is 1. The van der Waals surface area contributed by atoms with E-state index in [0.717, 1.165) is 27.4 Å². The summed E-state index contributed by atoms with van der Waals surface area (Å²) in [7, 11) is 3.01. The van der Waals surface area contributed by atoms with Crippen molar-refractivity contribution in [2.24, 2.45) is 11.7 Å². The Kier molecular flexibility index (Phi) is 9.36. The van der Waals surface area contributed by atoms with Crippen LogP contribution in [0.1, 0.15) is 34.5 Å². The highest BCUT2D eigenvalue weighted by molar-refractivity contribution is 9.10. The maximum atomic E-state index is 14.7. The van der Waals surface area contributed by atoms with Crippen LogP contribution in [0.3, 0.4) is 0 Å². The molecule has 0 aromatic heterocycles. The molecule has 13 heteroatoms. The van der Waals surface area contributed by atoms with Crippen LogP contribution in [0.5, 0.6) is 5.75 Å². The minimum absolute atomic E-state index is 0.000886. The highest BCUT2D eigenvalue weighted by Crippen LogP contribution is 2.41. The highest BCUT2D eigenvalue weighted by atomic mass is 79.9. The number of methoxy groups -OCH3 is 1. The molecule has 3 atom stereocenters. The van der Waals surface area contributed by atoms with Gasteiger partial charge in [-0.1, -0.05) is 52.3 Å². The number of aliphatic hydroxyl groups is 1. The van der Waals surface area contributed by atoms with Gasteiger partial charge in [0.05, 0.1) is 30.9 Å². The van der Waals surface area contributed by atoms with Crippen LogP contribution in [0, 0.1) is 5.92 Å². The number of carbonyl (C=O) groups is 3. The van der Waals surface area contributed by atoms with Gasteiger partial charge in [0.1, 0.15) is 11.3 Å². The number of hydrogen-bond donors (Lipinski definition) is 3. The first kappa shape index (κ1) is 33.9. The highest BCUT2D eigenvalue weighted by Gasteiger charge is 2.49. The summed E-state index contributed by atoms with van der Waals surface area (Å²) in [6, 6.07) is 20.5. The smallest absolute Gasteiger partial charge is 0.418 e. The van der Waals surface area contributed by atoms with E-state index >= 15 is 0 Å². The minimum Gasteiger partial charge on any atom is -0.496 e. The van der Waals surface area contributed by atoms with Crippen molar-refractivity contribution in [3.8, 4) is 5.75 Å². The summed E-state index contributed by atoms with van der Waals surface area (Å²) in [5, 5.41) is 14.3. The van der Waals surface area contributed by atoms with Gasteiger partial charge in [0.2, 0.25) is 11.8 Å². The van der Waals surface area contributed by atoms with E-state index < -0.39 is 47.0 Å². The van der Waals surface area contributed by atoms with E-state index in [1.54, 1.807) is 30.3 Å². The molecule has 0 aliphatic carbocycles. The fourth-order valence-electron chi connectivity index (χ4n) is 5.85. The first-order valence-electron chi connectivity index (χ1n) is 14.5. The molecule has 0 bridgehead atoms. The molecular formula is C34H32BrF3N4O5. The number of anilines is 2. The number of hydrogen-bond acceptors (Lipinski definition) is 6. The monoisotopic (exact) mass is 712 g/mol. The Balaban J connectivity index is 1.67. The number of alkyl halides is 3. The van der Waals surface area contributed by atoms with Gasteiger partial charge in [-0.15, -0.1) is 0 Å². The molecule has 3 amide bonds. The van der Waals surface area contributed by atoms with Gasteiger partial charge in [-0.2, -0.15) is 13.2 Å². The molecule has 1 aliphatic heterocycles. The Morgan fingerprint density at radius 2 is 1.72 bits per heavy atom. The summed E-state index contributed by atoms with van der Waals surface area (Å²) in [6.07, 6.45) is -7.61. The molecule has 9 nitrogen and oxygen atoms in total. The predicted molar refractivity (Wildman–Crippen MR) is 175 cm³/mol. The molecule has 0 saturated heterocycles. The number of primary amides is 1. The van der Waals surface area contributed by atoms with E-state index in [2.05, 4.69) is 21.2 Å². The van der Waals surface area contributed by atoms with Gasteiger partial charge in [0.25, 0.3) is 5.91 Å². The summed E-state index contributed by atoms with van der Waals surface area (Å²) in [5.74, 6) is -2.65. The first-order chi connectivity index (χ1) is 22.2. The number of rotatable bonds is 8. The molecule has 1 heterocycles. The maximum Gasteiger partial charge on any atom is 0.418 e. The van der Waals surface area contributed by atoms with Crippen LogP contribution in [0.15, 0.2) is 83.3 Å². The van der Waals surface area contributed by atoms with Crippen LogP contribution in [0.25, 0.3) is 10.8 Å². The number of amides is 3. The Bertz CT molecular complexity index is 1850. The molecule has 0 radical (unpaired) electrons. The van der Waals surface area contributed by atoms with Gasteiger partial charge in [0, 0.05) is 22.1 Å². The molecule has 0 spiro atoms. The van der Waals surface area contributed by atoms with E-state index in [1.807, 2.05) is 24.3 Å². The zero-order valence-corrected chi connectivity index (χ0v) is 27.2. The zero-order valence-electron chi connectivity index (χ0n) is 25.6. The van der Waals surface area contributed by atoms with Gasteiger partial charge < -0.3 is 30.7 Å². The Hall–Kier alpha value is -4.46. The van der Waals surface area contributed by atoms with Crippen molar-refractivity contribution < 1.29 is 37.4 Å². The lowest BCUT2D eigenvalue weighted by molar-refractivity contribution is -0.206. The molecule has 0 fully saturated rings. The van der Waals surface area contributed by atoms with Crippen molar-refractivity contribution in [3.05, 3.63) is 100 Å². The SMILES string of the molecule is CNC(C)(C(N)=O)[C@@H]1CN(C(=O)c2ccc(C(O)C(F)(F)F)cc2)c2ccccc2N(Cc2c(OC)ccc3cc(Br)ccc23)C1=O. The molecule has 1 aliphatic rings. The average Bonchev–Trinajstić information content (AvgIpc) is 3.17. The maximum absolute atomic E-state index is 14.7. The molecule has 47 heavy (non-hydrogen) atoms. The lowest BCUT2D eigenvalue weighted by atomic mass is 9.83. The lowest BCUT2D eigenvalue weighted by Gasteiger charge is -2.36. The Morgan fingerprint density at radius 3 is 2.32 bits per heavy atom. The lowest BCUT2D eigenvalue weighted by Crippen LogP contribution is -2.63. The van der Waals surface area contributed by atoms with Crippen molar-refractivity contribution in [1.29, 1.82) is 0 Å². The van der Waals surface area contributed by atoms with Crippen molar-refractivity contribution in [2.75, 3.05) is 30.5 Å². The van der Waals surface area contributed by atoms with E-state index in [0.29, 0.717) is 22.7 Å². The van der Waals surface area contributed by atoms with Gasteiger partial charge in [0.15, 0.2) is 6.10 Å². The molecule has 5 rings (SSSR count). The second-order valence-corrected chi connectivity index (χ2v) is 12.3. The molecular weight excluding hydrogens is 681 g/mol. The average molecular weight is 714 g/mol. The second kappa shape index (κ2) is 13.0. The van der Waals surface area contributed by atoms with Crippen LogP contribution < -0.4 is 25.6 Å². The van der Waals surface area contributed by atoms with Crippen molar-refractivity contribution >= 4 is 55.8 Å². The van der Waals surface area contributed by atoms with Crippen LogP contribution in [0.4, 0.5) is 24.5 Å². The quantitative estimate of drug-likeness (QED) is 0.222. The van der Waals surface area contributed by atoms with Gasteiger partial charge in [-0.3, -0.25) is 14.4 Å². The fraction of sp³-hybridized carbons (Fsp3) is 0.265. The third-order valence-corrected chi connectivity index (χ3v) is 9.23. The van der Waals surface area contributed by atoms with Gasteiger partial charge >= 0.3 is 6.18 Å². The molecule has 4 aromatic rings. The number of carbonyl (C=O) groups excluding carboxylic acids is 3. The number of ether oxygens (including phenoxy) is 1. The zero-order chi connectivity index (χ0) is 34.3. The Labute approximate surface area is 277 Å². The molecule has 4 aromatic carbocycles. The molecule has 246 valence electrons. The molecule has 4 N–H and O–H groups in total. The van der Waals surface area contributed by atoms with Crippen molar-refractivity contribution in [2.45, 2.75) is 31.3 Å². The third-order valence-electron chi connectivity index (χ3n) is 8.74. The standard InChI is InChI=1S/C34H32BrF3N4O5/c1-33(40-2,32(39)46)25-18-42(30(44)20-10-8-19(9-11-20)29(43)34(36,37)38)27-7-5-4-6-26(27)41(31(25)45)17-24-23-14-13-22(35)16-21(23)12-15-28(24)47-3/h4-16,25,29,40,43H,17-18H2,1-3H3,(H2,39,46)/t25-,29?,33?/m1/s1. The number of nitrogens with zero attached hydrogens (tertiary/aromatic N) is 2. The summed E-state index contributed by atoms with van der Waals surface area (Å²) in [4.78, 5) is 44.6. The van der Waals surface area contributed by atoms with Crippen molar-refractivity contribution in [3.63, 3.8) is 0 Å². The first-order valence-corrected chi connectivity index (χ1v) is 15.3. The number of fused-ring (bicyclic) bond motifs is 2. The number of likely N-dealkylation sites (N-methyl/N-ethyl adjacent to an activating group) is 1. The van der Waals surface area contributed by atoms with Crippen LogP contribution in [-0.2, 0) is 16.1 Å². The minimum atomic E-state index is -4.89. The molecule has 0 saturated carbocycles. The number of para-hydroxylation sites is 2. The number of benzene rings is 4. The van der Waals surface area contributed by atoms with E-state index in [9.17, 15) is 32.7 Å². The normalized spacial score (nSPS) is 17.1. The van der Waals surface area contributed by atoms with E-state index in [-0.39, 0.29) is 18.7 Å². The Morgan fingerprint density at radius 1 is 1.06 bits per heavy atom. The number of nitrogens with one attached hydrogen (secondary N) is 1. The second-order valence-electron chi connectivity index (χ2n) is 11.4. The summed E-state index contributed by atoms with van der Waals surface area (Å²) in [5.41, 5.74) is 5.18. The van der Waals surface area contributed by atoms with Crippen molar-refractivity contribution in [1.82, 2.24) is 5.32 Å². The summed E-state index contributed by atoms with van der Waals surface area (Å²) in [6.45, 7) is 1.19. The van der Waals surface area contributed by atoms with Crippen LogP contribution >= 0.6 is 15.9 Å². The van der Waals surface area contributed by atoms with Gasteiger partial charge in [-0.25, -0.2) is 0 Å². The molecule has 2 unspecified atom stereocenters. The topological polar surface area (TPSA) is 125 Å². The predicted octanol–water partition coefficient (Wildman–Crippen LogP) is 5.48. The third kappa shape index (κ3) is 6.30. The van der Waals surface area contributed by atoms with Crippen LogP contribution in [-0.4, -0.2) is 55.2 Å². The summed E-state index contributed by atoms with van der Waals surface area (Å²) >= 11 is 3.50. The number of aliphatic hydroxyl groups excluding tert-OH is 1. The fourth-order valence-corrected chi connectivity index (χ4v) is 6.23. The van der Waals surface area contributed by atoms with E-state index in [4.69, 9.17) is 10.5 Å². The summed E-state index contributed by atoms with van der Waals surface area (Å²) < 4.78 is 45.9.